The number of benzene rings is 2. The number of alkyl halides is 3. The molecule has 3 aromatic rings. The Morgan fingerprint density at radius 3 is 2.71 bits per heavy atom. The van der Waals surface area contributed by atoms with Crippen molar-refractivity contribution in [2.45, 2.75) is 23.9 Å². The minimum absolute atomic E-state index is 0.0502. The Balaban J connectivity index is 1.61. The van der Waals surface area contributed by atoms with Gasteiger partial charge >= 0.3 is 6.18 Å². The molecule has 0 radical (unpaired) electrons. The van der Waals surface area contributed by atoms with E-state index in [0.29, 0.717) is 5.69 Å². The van der Waals surface area contributed by atoms with Gasteiger partial charge in [-0.2, -0.15) is 18.2 Å². The molecule has 0 spiro atoms. The lowest BCUT2D eigenvalue weighted by atomic mass is 10.1. The summed E-state index contributed by atoms with van der Waals surface area (Å²) in [5.41, 5.74) is 0.0957. The van der Waals surface area contributed by atoms with Crippen LogP contribution in [0.25, 0.3) is 11.4 Å². The number of anilines is 1. The Labute approximate surface area is 163 Å². The number of carbonyl (C=O) groups is 1. The summed E-state index contributed by atoms with van der Waals surface area (Å²) in [6.45, 7) is 0. The third kappa shape index (κ3) is 5.13. The van der Waals surface area contributed by atoms with Crippen LogP contribution in [0.15, 0.2) is 57.9 Å². The highest BCUT2D eigenvalue weighted by atomic mass is 32.2. The fourth-order valence-electron chi connectivity index (χ4n) is 2.45. The molecule has 0 aliphatic rings. The van der Waals surface area contributed by atoms with E-state index in [0.717, 1.165) is 17.0 Å². The van der Waals surface area contributed by atoms with Crippen LogP contribution in [0.3, 0.4) is 0 Å². The molecule has 0 atom stereocenters. The molecular weight excluding hydrogens is 391 g/mol. The number of aryl methyl sites for hydroxylation is 1. The summed E-state index contributed by atoms with van der Waals surface area (Å²) in [5, 5.41) is 6.49. The van der Waals surface area contributed by atoms with Crippen molar-refractivity contribution < 1.29 is 22.5 Å². The monoisotopic (exact) mass is 407 g/mol. The van der Waals surface area contributed by atoms with Gasteiger partial charge in [0.25, 0.3) is 0 Å². The number of nitrogens with zero attached hydrogens (tertiary/aromatic N) is 2. The van der Waals surface area contributed by atoms with Crippen molar-refractivity contribution in [2.75, 3.05) is 11.6 Å². The highest BCUT2D eigenvalue weighted by molar-refractivity contribution is 7.98. The largest absolute Gasteiger partial charge is 0.416 e. The van der Waals surface area contributed by atoms with Crippen molar-refractivity contribution in [1.29, 1.82) is 0 Å². The zero-order chi connectivity index (χ0) is 20.1. The fraction of sp³-hybridized carbons (Fsp3) is 0.211. The van der Waals surface area contributed by atoms with Gasteiger partial charge in [0.1, 0.15) is 0 Å². The molecule has 2 aromatic carbocycles. The Bertz CT molecular complexity index is 973. The first-order chi connectivity index (χ1) is 13.3. The van der Waals surface area contributed by atoms with E-state index in [1.807, 2.05) is 24.5 Å². The van der Waals surface area contributed by atoms with Gasteiger partial charge in [-0.3, -0.25) is 4.79 Å². The van der Waals surface area contributed by atoms with Gasteiger partial charge in [0, 0.05) is 29.0 Å². The van der Waals surface area contributed by atoms with Gasteiger partial charge in [-0.05, 0) is 36.6 Å². The maximum absolute atomic E-state index is 12.8. The number of amides is 1. The van der Waals surface area contributed by atoms with Gasteiger partial charge in [-0.25, -0.2) is 0 Å². The van der Waals surface area contributed by atoms with Gasteiger partial charge in [-0.1, -0.05) is 23.4 Å². The van der Waals surface area contributed by atoms with Crippen LogP contribution >= 0.6 is 11.8 Å². The minimum atomic E-state index is -4.45. The average Bonchev–Trinajstić information content (AvgIpc) is 3.15. The topological polar surface area (TPSA) is 68.0 Å². The molecule has 0 aliphatic carbocycles. The van der Waals surface area contributed by atoms with Gasteiger partial charge in [0.2, 0.25) is 17.6 Å². The average molecular weight is 407 g/mol. The van der Waals surface area contributed by atoms with E-state index in [1.54, 1.807) is 17.8 Å². The molecule has 0 unspecified atom stereocenters. The second-order valence-electron chi connectivity index (χ2n) is 5.87. The minimum Gasteiger partial charge on any atom is -0.339 e. The highest BCUT2D eigenvalue weighted by Crippen LogP contribution is 2.31. The first-order valence-electron chi connectivity index (χ1n) is 8.29. The molecule has 0 saturated heterocycles. The number of nitrogens with one attached hydrogen (secondary N) is 1. The Morgan fingerprint density at radius 2 is 1.96 bits per heavy atom. The number of hydrogen-bond acceptors (Lipinski definition) is 5. The van der Waals surface area contributed by atoms with Crippen molar-refractivity contribution >= 4 is 23.4 Å². The molecule has 1 aromatic heterocycles. The van der Waals surface area contributed by atoms with E-state index in [9.17, 15) is 18.0 Å². The maximum atomic E-state index is 12.8. The number of carbonyl (C=O) groups excluding carboxylic acids is 1. The molecule has 0 fully saturated rings. The molecule has 1 amide bonds. The Hall–Kier alpha value is -2.81. The van der Waals surface area contributed by atoms with Crippen molar-refractivity contribution in [3.8, 4) is 11.4 Å². The third-order valence-corrected chi connectivity index (χ3v) is 4.56. The van der Waals surface area contributed by atoms with E-state index < -0.39 is 11.7 Å². The quantitative estimate of drug-likeness (QED) is 0.579. The first kappa shape index (κ1) is 19.9. The van der Waals surface area contributed by atoms with E-state index >= 15 is 0 Å². The SMILES string of the molecule is CSc1cccc(NC(=O)CCc2nc(-c3cccc(C(F)(F)F)c3)no2)c1. The van der Waals surface area contributed by atoms with E-state index in [2.05, 4.69) is 15.5 Å². The fourth-order valence-corrected chi connectivity index (χ4v) is 2.91. The molecule has 0 saturated carbocycles. The predicted octanol–water partition coefficient (Wildman–Crippen LogP) is 5.05. The summed E-state index contributed by atoms with van der Waals surface area (Å²) in [4.78, 5) is 17.2. The van der Waals surface area contributed by atoms with Crippen molar-refractivity contribution in [3.05, 3.63) is 60.0 Å². The van der Waals surface area contributed by atoms with Crippen LogP contribution in [0.2, 0.25) is 0 Å². The van der Waals surface area contributed by atoms with E-state index in [1.165, 1.54) is 12.1 Å². The molecule has 1 N–H and O–H groups in total. The molecule has 3 rings (SSSR count). The van der Waals surface area contributed by atoms with Crippen LogP contribution in [0, 0.1) is 0 Å². The lowest BCUT2D eigenvalue weighted by Gasteiger charge is -2.06. The van der Waals surface area contributed by atoms with Gasteiger partial charge in [0.15, 0.2) is 0 Å². The van der Waals surface area contributed by atoms with E-state index in [-0.39, 0.29) is 36.0 Å². The molecule has 146 valence electrons. The summed E-state index contributed by atoms with van der Waals surface area (Å²) in [7, 11) is 0. The molecule has 1 heterocycles. The van der Waals surface area contributed by atoms with Crippen molar-refractivity contribution in [3.63, 3.8) is 0 Å². The highest BCUT2D eigenvalue weighted by Gasteiger charge is 2.30. The zero-order valence-electron chi connectivity index (χ0n) is 14.8. The molecule has 5 nitrogen and oxygen atoms in total. The number of rotatable bonds is 6. The second-order valence-corrected chi connectivity index (χ2v) is 6.75. The standard InChI is InChI=1S/C19H16F3N3O2S/c1-28-15-7-3-6-14(11-15)23-16(26)8-9-17-24-18(25-27-17)12-4-2-5-13(10-12)19(20,21)22/h2-7,10-11H,8-9H2,1H3,(H,23,26). The predicted molar refractivity (Wildman–Crippen MR) is 99.9 cm³/mol. The summed E-state index contributed by atoms with van der Waals surface area (Å²) >= 11 is 1.57. The lowest BCUT2D eigenvalue weighted by Crippen LogP contribution is -2.12. The Morgan fingerprint density at radius 1 is 1.18 bits per heavy atom. The lowest BCUT2D eigenvalue weighted by molar-refractivity contribution is -0.137. The third-order valence-electron chi connectivity index (χ3n) is 3.84. The summed E-state index contributed by atoms with van der Waals surface area (Å²) in [5.74, 6) is 0.00618. The van der Waals surface area contributed by atoms with Crippen molar-refractivity contribution in [2.24, 2.45) is 0 Å². The molecule has 0 bridgehead atoms. The van der Waals surface area contributed by atoms with Crippen LogP contribution in [0.1, 0.15) is 17.9 Å². The zero-order valence-corrected chi connectivity index (χ0v) is 15.6. The number of aromatic nitrogens is 2. The van der Waals surface area contributed by atoms with Gasteiger partial charge in [-0.15, -0.1) is 11.8 Å². The number of hydrogen-bond donors (Lipinski definition) is 1. The van der Waals surface area contributed by atoms with Crippen LogP contribution in [-0.2, 0) is 17.4 Å². The molecule has 0 aliphatic heterocycles. The normalized spacial score (nSPS) is 11.4. The maximum Gasteiger partial charge on any atom is 0.416 e. The molecule has 9 heteroatoms. The van der Waals surface area contributed by atoms with Crippen molar-refractivity contribution in [1.82, 2.24) is 10.1 Å². The summed E-state index contributed by atoms with van der Waals surface area (Å²) in [6.07, 6.45) is -2.22. The number of thioether (sulfide) groups is 1. The van der Waals surface area contributed by atoms with Crippen LogP contribution in [0.5, 0.6) is 0 Å². The van der Waals surface area contributed by atoms with Gasteiger partial charge in [0.05, 0.1) is 5.56 Å². The summed E-state index contributed by atoms with van der Waals surface area (Å²) < 4.78 is 43.5. The van der Waals surface area contributed by atoms with Crippen LogP contribution in [-0.4, -0.2) is 22.3 Å². The van der Waals surface area contributed by atoms with Crippen LogP contribution < -0.4 is 5.32 Å². The van der Waals surface area contributed by atoms with E-state index in [4.69, 9.17) is 4.52 Å². The van der Waals surface area contributed by atoms with Crippen LogP contribution in [0.4, 0.5) is 18.9 Å². The Kier molecular flexibility index (Phi) is 6.03. The molecular formula is C19H16F3N3O2S. The second kappa shape index (κ2) is 8.47. The first-order valence-corrected chi connectivity index (χ1v) is 9.52. The smallest absolute Gasteiger partial charge is 0.339 e. The van der Waals surface area contributed by atoms with Gasteiger partial charge < -0.3 is 9.84 Å². The molecule has 28 heavy (non-hydrogen) atoms. The summed E-state index contributed by atoms with van der Waals surface area (Å²) in [6, 6.07) is 12.1. The number of halogens is 3.